The van der Waals surface area contributed by atoms with Crippen molar-refractivity contribution in [3.63, 3.8) is 0 Å². The predicted molar refractivity (Wildman–Crippen MR) is 185 cm³/mol. The molecule has 0 bridgehead atoms. The summed E-state index contributed by atoms with van der Waals surface area (Å²) in [5.74, 6) is 0.500. The van der Waals surface area contributed by atoms with Crippen molar-refractivity contribution in [3.8, 4) is 0 Å². The molecule has 3 heterocycles. The third kappa shape index (κ3) is 9.46. The number of fused-ring (bicyclic) bond motifs is 1. The number of rotatable bonds is 9. The lowest BCUT2D eigenvalue weighted by Crippen LogP contribution is -2.49. The molecule has 4 rings (SSSR count). The van der Waals surface area contributed by atoms with E-state index < -0.39 is 29.5 Å². The Morgan fingerprint density at radius 3 is 2.46 bits per heavy atom. The fourth-order valence-corrected chi connectivity index (χ4v) is 5.28. The van der Waals surface area contributed by atoms with E-state index in [1.54, 1.807) is 55.7 Å². The van der Waals surface area contributed by atoms with Gasteiger partial charge in [0, 0.05) is 36.3 Å². The van der Waals surface area contributed by atoms with Crippen LogP contribution in [0.1, 0.15) is 78.9 Å². The Bertz CT molecular complexity index is 1640. The molecule has 0 saturated carbocycles. The highest BCUT2D eigenvalue weighted by Gasteiger charge is 2.33. The van der Waals surface area contributed by atoms with Crippen LogP contribution in [0.5, 0.6) is 0 Å². The molecular weight excluding hydrogens is 614 g/mol. The number of anilines is 3. The highest BCUT2D eigenvalue weighted by atomic mass is 16.6. The Balaban J connectivity index is 1.66. The van der Waals surface area contributed by atoms with E-state index in [4.69, 9.17) is 14.5 Å². The molecular formula is C35H49N7O6. The minimum absolute atomic E-state index is 0.0947. The summed E-state index contributed by atoms with van der Waals surface area (Å²) in [6.45, 7) is 19.5. The quantitative estimate of drug-likeness (QED) is 0.236. The minimum Gasteiger partial charge on any atom is -0.444 e. The number of aromatic nitrogens is 3. The topological polar surface area (TPSA) is 151 Å². The fraction of sp³-hybridized carbons (Fsp3) is 0.514. The van der Waals surface area contributed by atoms with E-state index in [-0.39, 0.29) is 30.8 Å². The lowest BCUT2D eigenvalue weighted by Gasteiger charge is -2.36. The standard InChI is InChI=1S/C35H49N7O6/c1-10-29(44)38-25-13-11-12-23(16-25)20-41(33(46)48-35(7,8)9)30-17-28(39-31-26(22(2)3)19-37-42(30)31)36-18-24-14-15-40(21-27(24)43)32(45)47-34(4,5)6/h10-13,16-17,19,22,24,27,43H,1,14-15,18,20-21H2,2-9H3,(H,36,39)(H,38,44)/t24-,27+/m1/s1. The molecule has 48 heavy (non-hydrogen) atoms. The highest BCUT2D eigenvalue weighted by molar-refractivity contribution is 5.99. The van der Waals surface area contributed by atoms with Gasteiger partial charge >= 0.3 is 12.2 Å². The van der Waals surface area contributed by atoms with Gasteiger partial charge in [0.15, 0.2) is 5.65 Å². The van der Waals surface area contributed by atoms with Gasteiger partial charge in [-0.2, -0.15) is 9.61 Å². The molecule has 1 aliphatic heterocycles. The Morgan fingerprint density at radius 1 is 1.12 bits per heavy atom. The lowest BCUT2D eigenvalue weighted by molar-refractivity contribution is -0.111. The monoisotopic (exact) mass is 663 g/mol. The third-order valence-corrected chi connectivity index (χ3v) is 7.63. The number of nitrogens with one attached hydrogen (secondary N) is 2. The largest absolute Gasteiger partial charge is 0.444 e. The zero-order valence-corrected chi connectivity index (χ0v) is 29.2. The summed E-state index contributed by atoms with van der Waals surface area (Å²) in [6.07, 6.45) is 1.70. The smallest absolute Gasteiger partial charge is 0.416 e. The number of aliphatic hydroxyl groups is 1. The number of likely N-dealkylation sites (tertiary alicyclic amines) is 1. The fourth-order valence-electron chi connectivity index (χ4n) is 5.28. The van der Waals surface area contributed by atoms with E-state index in [0.29, 0.717) is 42.5 Å². The van der Waals surface area contributed by atoms with Crippen LogP contribution in [0.2, 0.25) is 0 Å². The van der Waals surface area contributed by atoms with E-state index in [9.17, 15) is 19.5 Å². The summed E-state index contributed by atoms with van der Waals surface area (Å²) in [5.41, 5.74) is 1.36. The highest BCUT2D eigenvalue weighted by Crippen LogP contribution is 2.30. The number of carbonyl (C=O) groups is 3. The van der Waals surface area contributed by atoms with Crippen LogP contribution in [0.3, 0.4) is 0 Å². The van der Waals surface area contributed by atoms with Gasteiger partial charge in [0.25, 0.3) is 0 Å². The van der Waals surface area contributed by atoms with Crippen LogP contribution in [-0.4, -0.2) is 79.6 Å². The molecule has 3 aromatic rings. The number of β-amino-alcohol motifs (C(OH)–C–C–N with tert-alkyl or cyclic N) is 1. The van der Waals surface area contributed by atoms with Gasteiger partial charge in [-0.3, -0.25) is 9.69 Å². The Labute approximate surface area is 282 Å². The number of nitrogens with zero attached hydrogens (tertiary/aromatic N) is 5. The van der Waals surface area contributed by atoms with Crippen LogP contribution in [-0.2, 0) is 20.8 Å². The maximum atomic E-state index is 13.9. The average molecular weight is 664 g/mol. The van der Waals surface area contributed by atoms with Crippen molar-refractivity contribution in [2.24, 2.45) is 5.92 Å². The summed E-state index contributed by atoms with van der Waals surface area (Å²) in [6, 6.07) is 8.92. The van der Waals surface area contributed by atoms with Gasteiger partial charge in [0.1, 0.15) is 22.8 Å². The number of benzene rings is 1. The van der Waals surface area contributed by atoms with Crippen molar-refractivity contribution in [1.29, 1.82) is 0 Å². The van der Waals surface area contributed by atoms with Crippen LogP contribution in [0.4, 0.5) is 26.9 Å². The van der Waals surface area contributed by atoms with Gasteiger partial charge < -0.3 is 30.1 Å². The molecule has 260 valence electrons. The summed E-state index contributed by atoms with van der Waals surface area (Å²) in [5, 5.41) is 21.7. The Hall–Kier alpha value is -4.65. The zero-order chi connectivity index (χ0) is 35.4. The third-order valence-electron chi connectivity index (χ3n) is 7.63. The van der Waals surface area contributed by atoms with Crippen molar-refractivity contribution >= 4 is 41.1 Å². The molecule has 0 radical (unpaired) electrons. The molecule has 1 aromatic carbocycles. The molecule has 1 saturated heterocycles. The van der Waals surface area contributed by atoms with E-state index in [2.05, 4.69) is 22.3 Å². The lowest BCUT2D eigenvalue weighted by atomic mass is 9.94. The van der Waals surface area contributed by atoms with Crippen molar-refractivity contribution < 1.29 is 29.0 Å². The SMILES string of the molecule is C=CC(=O)Nc1cccc(CN(C(=O)OC(C)(C)C)c2cc(NC[C@H]3CCN(C(=O)OC(C)(C)C)C[C@@H]3O)nc3c(C(C)C)cnn23)c1. The van der Waals surface area contributed by atoms with Gasteiger partial charge in [0.05, 0.1) is 25.4 Å². The van der Waals surface area contributed by atoms with Gasteiger partial charge in [-0.25, -0.2) is 14.6 Å². The second kappa shape index (κ2) is 14.6. The maximum absolute atomic E-state index is 13.9. The Kier molecular flexibility index (Phi) is 11.0. The zero-order valence-electron chi connectivity index (χ0n) is 29.2. The van der Waals surface area contributed by atoms with Crippen LogP contribution >= 0.6 is 0 Å². The van der Waals surface area contributed by atoms with E-state index in [0.717, 1.165) is 11.1 Å². The van der Waals surface area contributed by atoms with Crippen LogP contribution in [0.25, 0.3) is 5.65 Å². The molecule has 2 aromatic heterocycles. The van der Waals surface area contributed by atoms with Crippen molar-refractivity contribution in [2.75, 3.05) is 35.2 Å². The normalized spacial score (nSPS) is 16.8. The average Bonchev–Trinajstić information content (AvgIpc) is 3.42. The number of piperidine rings is 1. The van der Waals surface area contributed by atoms with Crippen molar-refractivity contribution in [2.45, 2.75) is 91.6 Å². The first-order chi connectivity index (χ1) is 22.4. The number of hydrogen-bond donors (Lipinski definition) is 3. The summed E-state index contributed by atoms with van der Waals surface area (Å²) < 4.78 is 13.0. The van der Waals surface area contributed by atoms with Gasteiger partial charge in [-0.05, 0) is 77.7 Å². The van der Waals surface area contributed by atoms with Crippen LogP contribution in [0, 0.1) is 5.92 Å². The predicted octanol–water partition coefficient (Wildman–Crippen LogP) is 5.95. The summed E-state index contributed by atoms with van der Waals surface area (Å²) in [4.78, 5) is 46.3. The summed E-state index contributed by atoms with van der Waals surface area (Å²) in [7, 11) is 0. The molecule has 13 heteroatoms. The number of hydrogen-bond acceptors (Lipinski definition) is 9. The molecule has 2 atom stereocenters. The Morgan fingerprint density at radius 2 is 1.83 bits per heavy atom. The van der Waals surface area contributed by atoms with Crippen LogP contribution in [0.15, 0.2) is 49.2 Å². The van der Waals surface area contributed by atoms with Gasteiger partial charge in [-0.15, -0.1) is 0 Å². The molecule has 13 nitrogen and oxygen atoms in total. The second-order valence-corrected chi connectivity index (χ2v) is 14.4. The first-order valence-electron chi connectivity index (χ1n) is 16.3. The van der Waals surface area contributed by atoms with Crippen LogP contribution < -0.4 is 15.5 Å². The van der Waals surface area contributed by atoms with E-state index in [1.165, 1.54) is 15.9 Å². The maximum Gasteiger partial charge on any atom is 0.416 e. The summed E-state index contributed by atoms with van der Waals surface area (Å²) >= 11 is 0. The number of amides is 3. The molecule has 3 amide bonds. The number of aliphatic hydroxyl groups excluding tert-OH is 1. The van der Waals surface area contributed by atoms with E-state index in [1.807, 2.05) is 40.7 Å². The molecule has 0 aliphatic carbocycles. The van der Waals surface area contributed by atoms with Crippen molar-refractivity contribution in [1.82, 2.24) is 19.5 Å². The molecule has 0 spiro atoms. The molecule has 1 aliphatic rings. The second-order valence-electron chi connectivity index (χ2n) is 14.4. The number of carbonyl (C=O) groups excluding carboxylic acids is 3. The number of ether oxygens (including phenoxy) is 2. The minimum atomic E-state index is -0.778. The molecule has 3 N–H and O–H groups in total. The van der Waals surface area contributed by atoms with Gasteiger partial charge in [0.2, 0.25) is 5.91 Å². The van der Waals surface area contributed by atoms with E-state index >= 15 is 0 Å². The molecule has 0 unspecified atom stereocenters. The van der Waals surface area contributed by atoms with Gasteiger partial charge in [-0.1, -0.05) is 32.6 Å². The first-order valence-corrected chi connectivity index (χ1v) is 16.3. The van der Waals surface area contributed by atoms with Crippen molar-refractivity contribution in [3.05, 3.63) is 60.3 Å². The first kappa shape index (κ1) is 36.2. The molecule has 1 fully saturated rings.